The third kappa shape index (κ3) is 5.88. The molecule has 0 aromatic heterocycles. The van der Waals surface area contributed by atoms with Crippen LogP contribution in [0.4, 0.5) is 9.18 Å². The Bertz CT molecular complexity index is 497. The van der Waals surface area contributed by atoms with E-state index in [4.69, 9.17) is 16.7 Å². The number of amides is 2. The maximum absolute atomic E-state index is 12.9. The Hall–Kier alpha value is -1.82. The highest BCUT2D eigenvalue weighted by Gasteiger charge is 2.09. The molecule has 0 fully saturated rings. The minimum Gasteiger partial charge on any atom is -0.481 e. The van der Waals surface area contributed by atoms with Crippen molar-refractivity contribution in [1.29, 1.82) is 0 Å². The molecule has 0 saturated heterocycles. The summed E-state index contributed by atoms with van der Waals surface area (Å²) in [5.74, 6) is -1.41. The summed E-state index contributed by atoms with van der Waals surface area (Å²) >= 11 is 5.63. The van der Waals surface area contributed by atoms with Crippen LogP contribution in [0.15, 0.2) is 18.2 Å². The number of carbonyl (C=O) groups excluding carboxylic acids is 1. The SMILES string of the molecule is CC(CCC(=O)O)NC(=O)NCc1ccc(F)c(Cl)c1. The Morgan fingerprint density at radius 3 is 2.75 bits per heavy atom. The lowest BCUT2D eigenvalue weighted by molar-refractivity contribution is -0.137. The van der Waals surface area contributed by atoms with Gasteiger partial charge in [-0.3, -0.25) is 4.79 Å². The van der Waals surface area contributed by atoms with Crippen molar-refractivity contribution in [3.8, 4) is 0 Å². The summed E-state index contributed by atoms with van der Waals surface area (Å²) < 4.78 is 12.9. The van der Waals surface area contributed by atoms with E-state index in [-0.39, 0.29) is 24.0 Å². The molecular formula is C13H16ClFN2O3. The number of carbonyl (C=O) groups is 2. The van der Waals surface area contributed by atoms with Gasteiger partial charge in [0.2, 0.25) is 0 Å². The molecule has 0 saturated carbocycles. The second-order valence-electron chi connectivity index (χ2n) is 4.41. The first kappa shape index (κ1) is 16.2. The summed E-state index contributed by atoms with van der Waals surface area (Å²) in [7, 11) is 0. The Labute approximate surface area is 121 Å². The van der Waals surface area contributed by atoms with Gasteiger partial charge in [0.15, 0.2) is 0 Å². The first-order valence-electron chi connectivity index (χ1n) is 6.08. The van der Waals surface area contributed by atoms with Crippen LogP contribution in [-0.4, -0.2) is 23.1 Å². The summed E-state index contributed by atoms with van der Waals surface area (Å²) in [5.41, 5.74) is 0.671. The molecule has 1 aromatic rings. The first-order chi connectivity index (χ1) is 9.38. The molecule has 0 aliphatic carbocycles. The molecule has 3 N–H and O–H groups in total. The number of hydrogen-bond donors (Lipinski definition) is 3. The van der Waals surface area contributed by atoms with E-state index in [0.29, 0.717) is 12.0 Å². The molecule has 1 unspecified atom stereocenters. The fraction of sp³-hybridized carbons (Fsp3) is 0.385. The van der Waals surface area contributed by atoms with Gasteiger partial charge in [0.25, 0.3) is 0 Å². The monoisotopic (exact) mass is 302 g/mol. The largest absolute Gasteiger partial charge is 0.481 e. The van der Waals surface area contributed by atoms with Crippen LogP contribution in [0.2, 0.25) is 5.02 Å². The van der Waals surface area contributed by atoms with Gasteiger partial charge in [-0.1, -0.05) is 17.7 Å². The number of carboxylic acid groups (broad SMARTS) is 1. The molecule has 1 aromatic carbocycles. The molecule has 20 heavy (non-hydrogen) atoms. The maximum Gasteiger partial charge on any atom is 0.315 e. The Morgan fingerprint density at radius 2 is 2.15 bits per heavy atom. The number of benzene rings is 1. The Balaban J connectivity index is 2.35. The minimum atomic E-state index is -0.903. The Morgan fingerprint density at radius 1 is 1.45 bits per heavy atom. The number of hydrogen-bond acceptors (Lipinski definition) is 2. The molecule has 1 rings (SSSR count). The molecule has 110 valence electrons. The quantitative estimate of drug-likeness (QED) is 0.755. The molecule has 0 aliphatic heterocycles. The first-order valence-corrected chi connectivity index (χ1v) is 6.46. The number of urea groups is 1. The highest BCUT2D eigenvalue weighted by Crippen LogP contribution is 2.15. The molecular weight excluding hydrogens is 287 g/mol. The van der Waals surface area contributed by atoms with Crippen LogP contribution < -0.4 is 10.6 Å². The van der Waals surface area contributed by atoms with Crippen LogP contribution in [0.5, 0.6) is 0 Å². The zero-order valence-electron chi connectivity index (χ0n) is 11.0. The predicted molar refractivity (Wildman–Crippen MR) is 73.1 cm³/mol. The van der Waals surface area contributed by atoms with Gasteiger partial charge >= 0.3 is 12.0 Å². The van der Waals surface area contributed by atoms with Gasteiger partial charge in [-0.05, 0) is 31.0 Å². The van der Waals surface area contributed by atoms with Crippen LogP contribution in [-0.2, 0) is 11.3 Å². The molecule has 0 bridgehead atoms. The van der Waals surface area contributed by atoms with Crippen molar-refractivity contribution >= 4 is 23.6 Å². The number of halogens is 2. The number of nitrogens with one attached hydrogen (secondary N) is 2. The van der Waals surface area contributed by atoms with Gasteiger partial charge in [0.05, 0.1) is 5.02 Å². The van der Waals surface area contributed by atoms with E-state index in [0.717, 1.165) is 0 Å². The smallest absolute Gasteiger partial charge is 0.315 e. The fourth-order valence-electron chi connectivity index (χ4n) is 1.52. The summed E-state index contributed by atoms with van der Waals surface area (Å²) in [5, 5.41) is 13.7. The number of aliphatic carboxylic acids is 1. The van der Waals surface area contributed by atoms with Crippen molar-refractivity contribution in [2.75, 3.05) is 0 Å². The van der Waals surface area contributed by atoms with E-state index in [2.05, 4.69) is 10.6 Å². The van der Waals surface area contributed by atoms with E-state index in [9.17, 15) is 14.0 Å². The van der Waals surface area contributed by atoms with Crippen molar-refractivity contribution in [1.82, 2.24) is 10.6 Å². The average Bonchev–Trinajstić information content (AvgIpc) is 2.38. The maximum atomic E-state index is 12.9. The van der Waals surface area contributed by atoms with Crippen molar-refractivity contribution in [2.24, 2.45) is 0 Å². The molecule has 5 nitrogen and oxygen atoms in total. The molecule has 7 heteroatoms. The topological polar surface area (TPSA) is 78.4 Å². The zero-order valence-corrected chi connectivity index (χ0v) is 11.7. The van der Waals surface area contributed by atoms with Gasteiger partial charge in [-0.25, -0.2) is 9.18 Å². The lowest BCUT2D eigenvalue weighted by atomic mass is 10.2. The molecule has 0 heterocycles. The summed E-state index contributed by atoms with van der Waals surface area (Å²) in [6.45, 7) is 1.93. The van der Waals surface area contributed by atoms with Crippen LogP contribution in [0, 0.1) is 5.82 Å². The Kier molecular flexibility index (Phi) is 6.24. The van der Waals surface area contributed by atoms with Crippen LogP contribution in [0.25, 0.3) is 0 Å². The minimum absolute atomic E-state index is 0.000431. The van der Waals surface area contributed by atoms with Crippen molar-refractivity contribution in [3.63, 3.8) is 0 Å². The van der Waals surface area contributed by atoms with Gasteiger partial charge in [-0.2, -0.15) is 0 Å². The zero-order chi connectivity index (χ0) is 15.1. The molecule has 1 atom stereocenters. The van der Waals surface area contributed by atoms with E-state index in [1.165, 1.54) is 18.2 Å². The van der Waals surface area contributed by atoms with E-state index in [1.54, 1.807) is 6.92 Å². The van der Waals surface area contributed by atoms with Crippen LogP contribution >= 0.6 is 11.6 Å². The van der Waals surface area contributed by atoms with E-state index < -0.39 is 17.8 Å². The molecule has 0 radical (unpaired) electrons. The van der Waals surface area contributed by atoms with Crippen molar-refractivity contribution in [2.45, 2.75) is 32.4 Å². The third-order valence-corrected chi connectivity index (χ3v) is 2.90. The molecule has 0 aliphatic rings. The van der Waals surface area contributed by atoms with E-state index >= 15 is 0 Å². The number of rotatable bonds is 6. The van der Waals surface area contributed by atoms with Crippen LogP contribution in [0.1, 0.15) is 25.3 Å². The summed E-state index contributed by atoms with van der Waals surface area (Å²) in [4.78, 5) is 21.9. The van der Waals surface area contributed by atoms with Crippen LogP contribution in [0.3, 0.4) is 0 Å². The van der Waals surface area contributed by atoms with Gasteiger partial charge in [-0.15, -0.1) is 0 Å². The second-order valence-corrected chi connectivity index (χ2v) is 4.82. The number of carboxylic acids is 1. The highest BCUT2D eigenvalue weighted by molar-refractivity contribution is 6.30. The summed E-state index contributed by atoms with van der Waals surface area (Å²) in [6, 6.07) is 3.53. The second kappa shape index (κ2) is 7.69. The lowest BCUT2D eigenvalue weighted by Crippen LogP contribution is -2.40. The van der Waals surface area contributed by atoms with E-state index in [1.807, 2.05) is 0 Å². The standard InChI is InChI=1S/C13H16ClFN2O3/c1-8(2-5-12(18)19)17-13(20)16-7-9-3-4-11(15)10(14)6-9/h3-4,6,8H,2,5,7H2,1H3,(H,18,19)(H2,16,17,20). The summed E-state index contributed by atoms with van der Waals surface area (Å²) in [6.07, 6.45) is 0.347. The third-order valence-electron chi connectivity index (χ3n) is 2.61. The van der Waals surface area contributed by atoms with Gasteiger partial charge in [0.1, 0.15) is 5.82 Å². The lowest BCUT2D eigenvalue weighted by Gasteiger charge is -2.13. The molecule has 2 amide bonds. The van der Waals surface area contributed by atoms with Crippen molar-refractivity contribution in [3.05, 3.63) is 34.6 Å². The highest BCUT2D eigenvalue weighted by atomic mass is 35.5. The molecule has 0 spiro atoms. The predicted octanol–water partition coefficient (Wildman–Crippen LogP) is 2.53. The fourth-order valence-corrected chi connectivity index (χ4v) is 1.72. The van der Waals surface area contributed by atoms with Crippen molar-refractivity contribution < 1.29 is 19.1 Å². The van der Waals surface area contributed by atoms with Gasteiger partial charge < -0.3 is 15.7 Å². The average molecular weight is 303 g/mol. The van der Waals surface area contributed by atoms with Gasteiger partial charge in [0, 0.05) is 19.0 Å². The normalized spacial score (nSPS) is 11.8.